The van der Waals surface area contributed by atoms with Crippen LogP contribution in [-0.2, 0) is 0 Å². The number of hydrogen-bond acceptors (Lipinski definition) is 6. The van der Waals surface area contributed by atoms with Crippen LogP contribution in [0.15, 0.2) is 47.1 Å². The first-order valence-electron chi connectivity index (χ1n) is 7.90. The van der Waals surface area contributed by atoms with Crippen LogP contribution in [0, 0.1) is 11.3 Å². The number of benzene rings is 1. The van der Waals surface area contributed by atoms with Crippen LogP contribution in [0.2, 0.25) is 0 Å². The molecule has 0 N–H and O–H groups in total. The third kappa shape index (κ3) is 2.90. The van der Waals surface area contributed by atoms with E-state index >= 15 is 0 Å². The van der Waals surface area contributed by atoms with Crippen LogP contribution in [0.5, 0.6) is 5.88 Å². The molecule has 2 aromatic heterocycles. The number of rotatable bonds is 3. The van der Waals surface area contributed by atoms with Gasteiger partial charge in [0.2, 0.25) is 5.69 Å². The molecule has 0 radical (unpaired) electrons. The van der Waals surface area contributed by atoms with Crippen molar-refractivity contribution in [1.29, 1.82) is 5.26 Å². The Morgan fingerprint density at radius 3 is 3.00 bits per heavy atom. The summed E-state index contributed by atoms with van der Waals surface area (Å²) in [5.41, 5.74) is 0.834. The summed E-state index contributed by atoms with van der Waals surface area (Å²) in [6.45, 7) is 0.972. The molecule has 7 heteroatoms. The van der Waals surface area contributed by atoms with Gasteiger partial charge >= 0.3 is 0 Å². The van der Waals surface area contributed by atoms with E-state index in [9.17, 15) is 4.79 Å². The molecule has 0 aliphatic carbocycles. The summed E-state index contributed by atoms with van der Waals surface area (Å²) in [5, 5.41) is 9.94. The fourth-order valence-electron chi connectivity index (χ4n) is 2.90. The van der Waals surface area contributed by atoms with Gasteiger partial charge in [-0.15, -0.1) is 0 Å². The number of carbonyl (C=O) groups is 1. The number of fused-ring (bicyclic) bond motifs is 1. The zero-order valence-corrected chi connectivity index (χ0v) is 13.3. The van der Waals surface area contributed by atoms with Crippen molar-refractivity contribution in [2.75, 3.05) is 13.1 Å². The maximum absolute atomic E-state index is 12.6. The van der Waals surface area contributed by atoms with E-state index in [0.29, 0.717) is 30.9 Å². The summed E-state index contributed by atoms with van der Waals surface area (Å²) in [4.78, 5) is 22.3. The van der Waals surface area contributed by atoms with E-state index in [-0.39, 0.29) is 23.6 Å². The normalized spacial score (nSPS) is 16.8. The second-order valence-electron chi connectivity index (χ2n) is 5.75. The Bertz CT molecular complexity index is 943. The van der Waals surface area contributed by atoms with Gasteiger partial charge in [-0.3, -0.25) is 4.79 Å². The van der Waals surface area contributed by atoms with E-state index in [1.807, 2.05) is 30.3 Å². The molecule has 0 bridgehead atoms. The van der Waals surface area contributed by atoms with Gasteiger partial charge in [0.15, 0.2) is 5.76 Å². The Hall–Kier alpha value is -3.40. The molecule has 1 saturated heterocycles. The number of ether oxygens (including phenoxy) is 1. The van der Waals surface area contributed by atoms with Gasteiger partial charge in [0.1, 0.15) is 17.8 Å². The summed E-state index contributed by atoms with van der Waals surface area (Å²) in [5.74, 6) is 0.356. The van der Waals surface area contributed by atoms with E-state index < -0.39 is 0 Å². The molecule has 124 valence electrons. The fourth-order valence-corrected chi connectivity index (χ4v) is 2.90. The number of amides is 1. The van der Waals surface area contributed by atoms with Gasteiger partial charge in [0, 0.05) is 30.7 Å². The Morgan fingerprint density at radius 1 is 1.32 bits per heavy atom. The highest BCUT2D eigenvalue weighted by Crippen LogP contribution is 2.23. The second kappa shape index (κ2) is 6.24. The zero-order valence-electron chi connectivity index (χ0n) is 13.3. The van der Waals surface area contributed by atoms with Crippen molar-refractivity contribution in [2.24, 2.45) is 0 Å². The minimum absolute atomic E-state index is 0.143. The largest absolute Gasteiger partial charge is 0.470 e. The summed E-state index contributed by atoms with van der Waals surface area (Å²) < 4.78 is 11.4. The highest BCUT2D eigenvalue weighted by atomic mass is 16.5. The molecule has 3 heterocycles. The van der Waals surface area contributed by atoms with Crippen LogP contribution in [0.3, 0.4) is 0 Å². The molecule has 1 fully saturated rings. The molecule has 0 saturated carbocycles. The van der Waals surface area contributed by atoms with Gasteiger partial charge < -0.3 is 14.1 Å². The zero-order chi connectivity index (χ0) is 17.2. The van der Waals surface area contributed by atoms with Crippen molar-refractivity contribution in [2.45, 2.75) is 12.5 Å². The molecular weight excluding hydrogens is 320 g/mol. The van der Waals surface area contributed by atoms with Crippen molar-refractivity contribution in [3.05, 3.63) is 54.2 Å². The summed E-state index contributed by atoms with van der Waals surface area (Å²) in [6.07, 6.45) is 3.35. The average Bonchev–Trinajstić information content (AvgIpc) is 3.28. The van der Waals surface area contributed by atoms with Crippen LogP contribution < -0.4 is 4.74 Å². The lowest BCUT2D eigenvalue weighted by atomic mass is 10.2. The maximum Gasteiger partial charge on any atom is 0.289 e. The highest BCUT2D eigenvalue weighted by molar-refractivity contribution is 5.96. The van der Waals surface area contributed by atoms with Crippen molar-refractivity contribution < 1.29 is 13.9 Å². The lowest BCUT2D eigenvalue weighted by molar-refractivity contribution is 0.0742. The monoisotopic (exact) mass is 334 g/mol. The van der Waals surface area contributed by atoms with Gasteiger partial charge in [-0.05, 0) is 12.1 Å². The van der Waals surface area contributed by atoms with Crippen LogP contribution in [-0.4, -0.2) is 40.0 Å². The highest BCUT2D eigenvalue weighted by Gasteiger charge is 2.30. The average molecular weight is 334 g/mol. The fraction of sp³-hybridized carbons (Fsp3) is 0.222. The number of nitriles is 1. The summed E-state index contributed by atoms with van der Waals surface area (Å²) >= 11 is 0. The van der Waals surface area contributed by atoms with Crippen molar-refractivity contribution in [3.63, 3.8) is 0 Å². The molecule has 1 aliphatic rings. The van der Waals surface area contributed by atoms with E-state index in [1.54, 1.807) is 11.0 Å². The third-order valence-electron chi connectivity index (χ3n) is 4.12. The lowest BCUT2D eigenvalue weighted by Gasteiger charge is -2.15. The van der Waals surface area contributed by atoms with E-state index in [1.165, 1.54) is 12.4 Å². The minimum atomic E-state index is -0.225. The minimum Gasteiger partial charge on any atom is -0.470 e. The first-order chi connectivity index (χ1) is 12.2. The first kappa shape index (κ1) is 15.1. The second-order valence-corrected chi connectivity index (χ2v) is 5.75. The predicted molar refractivity (Wildman–Crippen MR) is 87.9 cm³/mol. The molecule has 7 nitrogen and oxygen atoms in total. The molecule has 25 heavy (non-hydrogen) atoms. The number of nitrogens with zero attached hydrogens (tertiary/aromatic N) is 4. The molecule has 0 spiro atoms. The van der Waals surface area contributed by atoms with Crippen LogP contribution >= 0.6 is 0 Å². The predicted octanol–water partition coefficient (Wildman–Crippen LogP) is 2.39. The topological polar surface area (TPSA) is 92.2 Å². The summed E-state index contributed by atoms with van der Waals surface area (Å²) in [6, 6.07) is 11.2. The number of aromatic nitrogens is 2. The molecule has 3 aromatic rings. The van der Waals surface area contributed by atoms with Gasteiger partial charge in [0.05, 0.1) is 6.54 Å². The van der Waals surface area contributed by atoms with Gasteiger partial charge in [-0.1, -0.05) is 18.2 Å². The number of para-hydroxylation sites is 1. The smallest absolute Gasteiger partial charge is 0.289 e. The molecule has 1 amide bonds. The van der Waals surface area contributed by atoms with Crippen molar-refractivity contribution in [1.82, 2.24) is 14.9 Å². The number of furan rings is 1. The Morgan fingerprint density at radius 2 is 2.16 bits per heavy atom. The van der Waals surface area contributed by atoms with Crippen LogP contribution in [0.25, 0.3) is 11.0 Å². The molecule has 0 unspecified atom stereocenters. The van der Waals surface area contributed by atoms with Crippen molar-refractivity contribution >= 4 is 16.9 Å². The van der Waals surface area contributed by atoms with Crippen LogP contribution in [0.1, 0.15) is 22.7 Å². The molecule has 1 aliphatic heterocycles. The van der Waals surface area contributed by atoms with Crippen LogP contribution in [0.4, 0.5) is 0 Å². The molecular formula is C18H14N4O3. The van der Waals surface area contributed by atoms with E-state index in [0.717, 1.165) is 5.39 Å². The quantitative estimate of drug-likeness (QED) is 0.730. The molecule has 1 aromatic carbocycles. The third-order valence-corrected chi connectivity index (χ3v) is 4.12. The number of carbonyl (C=O) groups excluding carboxylic acids is 1. The Balaban J connectivity index is 1.46. The van der Waals surface area contributed by atoms with E-state index in [4.69, 9.17) is 14.4 Å². The lowest BCUT2D eigenvalue weighted by Crippen LogP contribution is -2.30. The van der Waals surface area contributed by atoms with Gasteiger partial charge in [0.25, 0.3) is 11.8 Å². The SMILES string of the molecule is N#Cc1nccnc1O[C@H]1CCN(C(=O)c2cc3ccccc3o2)C1. The van der Waals surface area contributed by atoms with Crippen molar-refractivity contribution in [3.8, 4) is 11.9 Å². The number of hydrogen-bond donors (Lipinski definition) is 0. The maximum atomic E-state index is 12.6. The molecule has 1 atom stereocenters. The standard InChI is InChI=1S/C18H14N4O3/c19-10-14-17(21-7-6-20-14)24-13-5-8-22(11-13)18(23)16-9-12-3-1-2-4-15(12)25-16/h1-4,6-7,9,13H,5,8,11H2/t13-/m0/s1. The summed E-state index contributed by atoms with van der Waals surface area (Å²) in [7, 11) is 0. The van der Waals surface area contributed by atoms with Gasteiger partial charge in [-0.2, -0.15) is 5.26 Å². The van der Waals surface area contributed by atoms with Gasteiger partial charge in [-0.25, -0.2) is 9.97 Å². The Kier molecular flexibility index (Phi) is 3.78. The Labute approximate surface area is 143 Å². The first-order valence-corrected chi connectivity index (χ1v) is 7.90. The number of likely N-dealkylation sites (tertiary alicyclic amines) is 1. The van der Waals surface area contributed by atoms with E-state index in [2.05, 4.69) is 9.97 Å². The molecule has 4 rings (SSSR count).